The van der Waals surface area contributed by atoms with Crippen LogP contribution in [0.25, 0.3) is 11.1 Å². The molecule has 0 aliphatic carbocycles. The van der Waals surface area contributed by atoms with Gasteiger partial charge >= 0.3 is 0 Å². The minimum atomic E-state index is 0.0932. The number of nitrogens with two attached hydrogens (primary N) is 1. The van der Waals surface area contributed by atoms with Gasteiger partial charge in [0.05, 0.1) is 0 Å². The summed E-state index contributed by atoms with van der Waals surface area (Å²) in [6, 6.07) is 15.2. The van der Waals surface area contributed by atoms with Gasteiger partial charge in [-0.15, -0.1) is 9.24 Å². The van der Waals surface area contributed by atoms with Crippen molar-refractivity contribution >= 4 is 14.9 Å². The van der Waals surface area contributed by atoms with Gasteiger partial charge in [0.2, 0.25) is 0 Å². The van der Waals surface area contributed by atoms with E-state index in [1.807, 2.05) is 6.20 Å². The van der Waals surface area contributed by atoms with Crippen molar-refractivity contribution in [3.63, 3.8) is 0 Å². The predicted octanol–water partition coefficient (Wildman–Crippen LogP) is 7.39. The molecule has 0 spiro atoms. The molecule has 2 rings (SSSR count). The Kier molecular flexibility index (Phi) is 8.78. The molecule has 0 aromatic heterocycles. The van der Waals surface area contributed by atoms with E-state index in [0.29, 0.717) is 5.66 Å². The lowest BCUT2D eigenvalue weighted by molar-refractivity contribution is 0.517. The maximum Gasteiger partial charge on any atom is 0.0460 e. The van der Waals surface area contributed by atoms with Gasteiger partial charge in [-0.25, -0.2) is 0 Å². The molecule has 0 bridgehead atoms. The molecule has 2 aromatic rings. The van der Waals surface area contributed by atoms with Gasteiger partial charge in [-0.2, -0.15) is 0 Å². The van der Waals surface area contributed by atoms with Crippen LogP contribution in [0.5, 0.6) is 0 Å². The van der Waals surface area contributed by atoms with E-state index >= 15 is 0 Å². The molecule has 0 saturated heterocycles. The second kappa shape index (κ2) is 10.8. The lowest BCUT2D eigenvalue weighted by Gasteiger charge is -2.32. The smallest absolute Gasteiger partial charge is 0.0460 e. The van der Waals surface area contributed by atoms with Crippen molar-refractivity contribution < 1.29 is 0 Å². The summed E-state index contributed by atoms with van der Waals surface area (Å²) in [4.78, 5) is 0. The first-order chi connectivity index (χ1) is 13.8. The Bertz CT molecular complexity index is 821. The van der Waals surface area contributed by atoms with Crippen molar-refractivity contribution in [2.24, 2.45) is 5.73 Å². The predicted molar refractivity (Wildman–Crippen MR) is 133 cm³/mol. The third-order valence-electron chi connectivity index (χ3n) is 6.12. The zero-order valence-electron chi connectivity index (χ0n) is 18.9. The average molecular weight is 411 g/mol. The van der Waals surface area contributed by atoms with Crippen LogP contribution in [0.2, 0.25) is 0 Å². The molecule has 0 heterocycles. The van der Waals surface area contributed by atoms with Gasteiger partial charge in [0.1, 0.15) is 0 Å². The highest BCUT2D eigenvalue weighted by Crippen LogP contribution is 2.39. The van der Waals surface area contributed by atoms with Crippen LogP contribution in [0.3, 0.4) is 0 Å². The summed E-state index contributed by atoms with van der Waals surface area (Å²) >= 11 is 0. The summed E-state index contributed by atoms with van der Waals surface area (Å²) in [5.74, 6) is 0. The maximum absolute atomic E-state index is 6.23. The first-order valence-electron chi connectivity index (χ1n) is 10.9. The van der Waals surface area contributed by atoms with Crippen LogP contribution in [0.4, 0.5) is 5.69 Å². The summed E-state index contributed by atoms with van der Waals surface area (Å²) in [7, 11) is 2.97. The van der Waals surface area contributed by atoms with E-state index in [2.05, 4.69) is 91.6 Å². The van der Waals surface area contributed by atoms with E-state index in [4.69, 9.17) is 5.73 Å². The van der Waals surface area contributed by atoms with Gasteiger partial charge in [0.15, 0.2) is 0 Å². The quantitative estimate of drug-likeness (QED) is 0.317. The molecule has 2 aromatic carbocycles. The molecule has 2 atom stereocenters. The van der Waals surface area contributed by atoms with Crippen molar-refractivity contribution in [1.82, 2.24) is 0 Å². The van der Waals surface area contributed by atoms with Gasteiger partial charge in [-0.3, -0.25) is 0 Å². The second-order valence-corrected chi connectivity index (χ2v) is 9.71. The molecule has 0 radical (unpaired) electrons. The Labute approximate surface area is 180 Å². The standard InChI is InChI=1S/C26H39N2P/c1-6-7-8-9-13-21(27)18-28-25-17-11-10-14-23(25)22-15-12-16-24(19(22)2)26(4,5)20(3)29/h10-12,14-18,20,28H,6-9,13,27,29H2,1-5H3/b21-18-/t20-/m0/s1. The van der Waals surface area contributed by atoms with E-state index in [1.54, 1.807) is 0 Å². The number of rotatable bonds is 10. The van der Waals surface area contributed by atoms with Crippen LogP contribution in [0, 0.1) is 6.92 Å². The number of nitrogens with one attached hydrogen (secondary N) is 1. The molecule has 29 heavy (non-hydrogen) atoms. The molecule has 2 nitrogen and oxygen atoms in total. The maximum atomic E-state index is 6.23. The number of hydrogen-bond acceptors (Lipinski definition) is 2. The number of benzene rings is 2. The highest BCUT2D eigenvalue weighted by molar-refractivity contribution is 7.17. The molecule has 3 heteroatoms. The molecule has 158 valence electrons. The molecule has 0 aliphatic heterocycles. The van der Waals surface area contributed by atoms with Crippen molar-refractivity contribution in [3.8, 4) is 11.1 Å². The second-order valence-electron chi connectivity index (χ2n) is 8.71. The fourth-order valence-corrected chi connectivity index (χ4v) is 3.89. The van der Waals surface area contributed by atoms with E-state index in [-0.39, 0.29) is 5.41 Å². The Morgan fingerprint density at radius 2 is 1.76 bits per heavy atom. The van der Waals surface area contributed by atoms with Crippen LogP contribution in [0.1, 0.15) is 70.9 Å². The molecule has 0 amide bonds. The van der Waals surface area contributed by atoms with Crippen molar-refractivity contribution in [2.45, 2.75) is 77.8 Å². The van der Waals surface area contributed by atoms with E-state index in [1.165, 1.54) is 41.5 Å². The summed E-state index contributed by atoms with van der Waals surface area (Å²) in [5, 5.41) is 3.47. The lowest BCUT2D eigenvalue weighted by atomic mass is 9.77. The largest absolute Gasteiger partial charge is 0.401 e. The first-order valence-corrected chi connectivity index (χ1v) is 11.6. The normalized spacial score (nSPS) is 13.4. The highest BCUT2D eigenvalue weighted by atomic mass is 31.0. The van der Waals surface area contributed by atoms with E-state index in [0.717, 1.165) is 24.2 Å². The molecule has 1 unspecified atom stereocenters. The van der Waals surface area contributed by atoms with Crippen LogP contribution in [-0.4, -0.2) is 5.66 Å². The summed E-state index contributed by atoms with van der Waals surface area (Å²) in [6.07, 6.45) is 7.85. The Hall–Kier alpha value is -1.79. The monoisotopic (exact) mass is 410 g/mol. The van der Waals surface area contributed by atoms with E-state index in [9.17, 15) is 0 Å². The van der Waals surface area contributed by atoms with Crippen LogP contribution < -0.4 is 11.1 Å². The van der Waals surface area contributed by atoms with Crippen molar-refractivity contribution in [3.05, 3.63) is 65.5 Å². The number of allylic oxidation sites excluding steroid dienone is 1. The molecule has 0 fully saturated rings. The Morgan fingerprint density at radius 1 is 1.07 bits per heavy atom. The highest BCUT2D eigenvalue weighted by Gasteiger charge is 2.27. The number of para-hydroxylation sites is 1. The van der Waals surface area contributed by atoms with Gasteiger partial charge in [-0.1, -0.05) is 83.4 Å². The zero-order chi connectivity index (χ0) is 21.4. The molecule has 0 aliphatic rings. The molecule has 0 saturated carbocycles. The SMILES string of the molecule is CCCCCC/C(N)=C/Nc1ccccc1-c1cccc(C(C)(C)[C@H](C)P)c1C. The third-order valence-corrected chi connectivity index (χ3v) is 6.95. The van der Waals surface area contributed by atoms with E-state index < -0.39 is 0 Å². The fraction of sp³-hybridized carbons (Fsp3) is 0.462. The molecule has 3 N–H and O–H groups in total. The van der Waals surface area contributed by atoms with Gasteiger partial charge in [0.25, 0.3) is 0 Å². The van der Waals surface area contributed by atoms with Gasteiger partial charge in [-0.05, 0) is 53.6 Å². The van der Waals surface area contributed by atoms with Crippen molar-refractivity contribution in [1.29, 1.82) is 0 Å². The molecular weight excluding hydrogens is 371 g/mol. The minimum absolute atomic E-state index is 0.0932. The topological polar surface area (TPSA) is 38.0 Å². The summed E-state index contributed by atoms with van der Waals surface area (Å²) in [6.45, 7) is 11.4. The first kappa shape index (κ1) is 23.5. The summed E-state index contributed by atoms with van der Waals surface area (Å²) in [5.41, 5.74) is 14.1. The van der Waals surface area contributed by atoms with Crippen LogP contribution >= 0.6 is 9.24 Å². The Balaban J connectivity index is 2.29. The third kappa shape index (κ3) is 6.09. The number of anilines is 1. The van der Waals surface area contributed by atoms with Gasteiger partial charge in [0, 0.05) is 23.1 Å². The zero-order valence-corrected chi connectivity index (χ0v) is 20.0. The number of unbranched alkanes of at least 4 members (excludes halogenated alkanes) is 3. The van der Waals surface area contributed by atoms with Crippen molar-refractivity contribution in [2.75, 3.05) is 5.32 Å². The van der Waals surface area contributed by atoms with Crippen LogP contribution in [-0.2, 0) is 5.41 Å². The molecular formula is C26H39N2P. The fourth-order valence-electron chi connectivity index (χ4n) is 3.71. The number of hydrogen-bond donors (Lipinski definition) is 2. The van der Waals surface area contributed by atoms with Gasteiger partial charge < -0.3 is 11.1 Å². The lowest BCUT2D eigenvalue weighted by Crippen LogP contribution is -2.27. The van der Waals surface area contributed by atoms with Crippen LogP contribution in [0.15, 0.2) is 54.4 Å². The Morgan fingerprint density at radius 3 is 2.45 bits per heavy atom. The average Bonchev–Trinajstić information content (AvgIpc) is 2.70. The minimum Gasteiger partial charge on any atom is -0.401 e. The summed E-state index contributed by atoms with van der Waals surface area (Å²) < 4.78 is 0.